The molecule has 3 aliphatic heterocycles. The van der Waals surface area contributed by atoms with Crippen molar-refractivity contribution >= 4 is 5.69 Å². The molecule has 7 nitrogen and oxygen atoms in total. The van der Waals surface area contributed by atoms with E-state index in [1.54, 1.807) is 7.05 Å². The molecule has 0 amide bonds. The summed E-state index contributed by atoms with van der Waals surface area (Å²) in [6, 6.07) is 5.70. The van der Waals surface area contributed by atoms with Gasteiger partial charge in [0.15, 0.2) is 6.29 Å². The summed E-state index contributed by atoms with van der Waals surface area (Å²) in [5.74, 6) is 0.544. The Morgan fingerprint density at radius 2 is 1.53 bits per heavy atom. The smallest absolute Gasteiger partial charge is 0.371 e. The van der Waals surface area contributed by atoms with E-state index < -0.39 is 29.8 Å². The number of hydrogen-bond acceptors (Lipinski definition) is 7. The van der Waals surface area contributed by atoms with Crippen molar-refractivity contribution in [3.8, 4) is 0 Å². The van der Waals surface area contributed by atoms with Gasteiger partial charge in [-0.2, -0.15) is 31.8 Å². The van der Waals surface area contributed by atoms with Crippen LogP contribution in [0.25, 0.3) is 0 Å². The summed E-state index contributed by atoms with van der Waals surface area (Å²) < 4.78 is 82.4. The quantitative estimate of drug-likeness (QED) is 0.359. The van der Waals surface area contributed by atoms with Crippen molar-refractivity contribution in [2.24, 2.45) is 16.3 Å². The maximum absolute atomic E-state index is 13.7. The van der Waals surface area contributed by atoms with E-state index in [0.717, 1.165) is 80.0 Å². The molecule has 1 fully saturated rings. The second kappa shape index (κ2) is 12.2. The Hall–Kier alpha value is -2.90. The van der Waals surface area contributed by atoms with E-state index in [0.29, 0.717) is 12.3 Å². The lowest BCUT2D eigenvalue weighted by Crippen LogP contribution is -2.46. The van der Waals surface area contributed by atoms with Gasteiger partial charge in [0.2, 0.25) is 0 Å². The molecular weight excluding hydrogens is 572 g/mol. The highest BCUT2D eigenvalue weighted by Crippen LogP contribution is 2.43. The van der Waals surface area contributed by atoms with E-state index in [1.165, 1.54) is 5.12 Å². The largest absolute Gasteiger partial charge is 0.416 e. The molecule has 1 N–H and O–H groups in total. The Morgan fingerprint density at radius 1 is 0.884 bits per heavy atom. The summed E-state index contributed by atoms with van der Waals surface area (Å²) in [6.45, 7) is 7.71. The number of rotatable bonds is 6. The van der Waals surface area contributed by atoms with Crippen molar-refractivity contribution in [2.45, 2.75) is 70.8 Å². The highest BCUT2D eigenvalue weighted by Gasteiger charge is 2.39. The van der Waals surface area contributed by atoms with E-state index in [1.807, 2.05) is 11.8 Å². The molecule has 3 aliphatic rings. The van der Waals surface area contributed by atoms with Crippen molar-refractivity contribution in [3.63, 3.8) is 0 Å². The zero-order valence-electron chi connectivity index (χ0n) is 24.9. The first-order valence-corrected chi connectivity index (χ1v) is 14.7. The van der Waals surface area contributed by atoms with E-state index in [4.69, 9.17) is 0 Å². The Morgan fingerprint density at radius 3 is 2.12 bits per heavy atom. The van der Waals surface area contributed by atoms with Crippen molar-refractivity contribution in [3.05, 3.63) is 63.7 Å². The van der Waals surface area contributed by atoms with E-state index in [9.17, 15) is 26.3 Å². The van der Waals surface area contributed by atoms with Crippen LogP contribution in [-0.4, -0.2) is 61.5 Å². The maximum Gasteiger partial charge on any atom is 0.416 e. The van der Waals surface area contributed by atoms with Crippen LogP contribution in [0.15, 0.2) is 40.7 Å². The standard InChI is InChI=1S/C30H39F6N7/c1-19-12-20(2)27-25(13-19)26(6-5-9-42(27)17-21-7-10-40(3)11-8-21)43(28-37-39-41(4)38-28)18-22-14-23(29(31,32)33)16-24(15-22)30(34,35)36/h12-16,21,26,28,38H,5-11,17-18H2,1-4H3. The Labute approximate surface area is 248 Å². The first-order chi connectivity index (χ1) is 20.2. The molecule has 2 unspecified atom stereocenters. The predicted octanol–water partition coefficient (Wildman–Crippen LogP) is 6.93. The lowest BCUT2D eigenvalue weighted by atomic mass is 9.93. The summed E-state index contributed by atoms with van der Waals surface area (Å²) in [5.41, 5.74) is 4.60. The Balaban J connectivity index is 1.56. The Bertz CT molecular complexity index is 1290. The molecule has 1 saturated heterocycles. The number of hydrazine groups is 1. The lowest BCUT2D eigenvalue weighted by Gasteiger charge is -2.37. The second-order valence-corrected chi connectivity index (χ2v) is 12.2. The van der Waals surface area contributed by atoms with E-state index in [-0.39, 0.29) is 24.2 Å². The minimum absolute atomic E-state index is 0.0907. The zero-order valence-corrected chi connectivity index (χ0v) is 24.9. The SMILES string of the molecule is Cc1cc(C)c2c(c1)C(N(Cc1cc(C(F)(F)F)cc(C(F)(F)F)c1)C1N=NN(C)N1)CCCN2CC1CCN(C)CC1. The van der Waals surface area contributed by atoms with Gasteiger partial charge in [-0.25, -0.2) is 5.12 Å². The fourth-order valence-electron chi connectivity index (χ4n) is 6.68. The van der Waals surface area contributed by atoms with Gasteiger partial charge in [0.1, 0.15) is 0 Å². The molecule has 3 heterocycles. The summed E-state index contributed by atoms with van der Waals surface area (Å²) in [5, 5.41) is 9.73. The molecular formula is C30H39F6N7. The highest BCUT2D eigenvalue weighted by atomic mass is 19.4. The fourth-order valence-corrected chi connectivity index (χ4v) is 6.68. The topological polar surface area (TPSA) is 49.7 Å². The van der Waals surface area contributed by atoms with Crippen molar-refractivity contribution in [2.75, 3.05) is 45.2 Å². The number of anilines is 1. The van der Waals surface area contributed by atoms with Gasteiger partial charge < -0.3 is 9.80 Å². The van der Waals surface area contributed by atoms with Crippen LogP contribution in [0.2, 0.25) is 0 Å². The summed E-state index contributed by atoms with van der Waals surface area (Å²) >= 11 is 0. The van der Waals surface area contributed by atoms with Gasteiger partial charge in [0, 0.05) is 38.4 Å². The Kier molecular flexibility index (Phi) is 8.97. The molecule has 2 atom stereocenters. The van der Waals surface area contributed by atoms with Crippen molar-refractivity contribution in [1.29, 1.82) is 0 Å². The third-order valence-corrected chi connectivity index (χ3v) is 8.70. The van der Waals surface area contributed by atoms with Crippen LogP contribution in [0.4, 0.5) is 32.0 Å². The van der Waals surface area contributed by atoms with Crippen LogP contribution in [0, 0.1) is 19.8 Å². The number of nitrogens with one attached hydrogen (secondary N) is 1. The molecule has 0 aliphatic carbocycles. The van der Waals surface area contributed by atoms with Crippen LogP contribution in [0.3, 0.4) is 0 Å². The number of alkyl halides is 6. The van der Waals surface area contributed by atoms with Gasteiger partial charge >= 0.3 is 12.4 Å². The van der Waals surface area contributed by atoms with Gasteiger partial charge in [-0.3, -0.25) is 4.90 Å². The van der Waals surface area contributed by atoms with Gasteiger partial charge in [-0.1, -0.05) is 22.9 Å². The first kappa shape index (κ1) is 31.5. The number of aryl methyl sites for hydroxylation is 2. The molecule has 5 rings (SSSR count). The maximum atomic E-state index is 13.7. The molecule has 13 heteroatoms. The minimum atomic E-state index is -4.93. The first-order valence-electron chi connectivity index (χ1n) is 14.7. The van der Waals surface area contributed by atoms with Crippen molar-refractivity contribution < 1.29 is 26.3 Å². The van der Waals surface area contributed by atoms with Gasteiger partial charge in [0.05, 0.1) is 11.1 Å². The second-order valence-electron chi connectivity index (χ2n) is 12.2. The van der Waals surface area contributed by atoms with Crippen LogP contribution in [-0.2, 0) is 18.9 Å². The van der Waals surface area contributed by atoms with Crippen molar-refractivity contribution in [1.82, 2.24) is 20.3 Å². The number of nitrogens with zero attached hydrogens (tertiary/aromatic N) is 6. The average molecular weight is 612 g/mol. The molecule has 2 aromatic carbocycles. The van der Waals surface area contributed by atoms with Gasteiger partial charge in [0.25, 0.3) is 0 Å². The molecule has 0 spiro atoms. The van der Waals surface area contributed by atoms with E-state index >= 15 is 0 Å². The lowest BCUT2D eigenvalue weighted by molar-refractivity contribution is -0.143. The normalized spacial score (nSPS) is 22.4. The highest BCUT2D eigenvalue weighted by molar-refractivity contribution is 5.62. The molecule has 2 aromatic rings. The number of hydrogen-bond donors (Lipinski definition) is 1. The number of benzene rings is 2. The molecule has 0 aromatic heterocycles. The van der Waals surface area contributed by atoms with Crippen LogP contribution >= 0.6 is 0 Å². The number of halogens is 6. The number of piperidine rings is 1. The summed E-state index contributed by atoms with van der Waals surface area (Å²) in [6.07, 6.45) is -6.95. The zero-order chi connectivity index (χ0) is 31.1. The van der Waals surface area contributed by atoms with E-state index in [2.05, 4.69) is 51.7 Å². The van der Waals surface area contributed by atoms with Crippen LogP contribution in [0.5, 0.6) is 0 Å². The monoisotopic (exact) mass is 611 g/mol. The van der Waals surface area contributed by atoms with Crippen LogP contribution < -0.4 is 10.3 Å². The molecule has 236 valence electrons. The van der Waals surface area contributed by atoms with Gasteiger partial charge in [-0.05, 0) is 100 Å². The average Bonchev–Trinajstić information content (AvgIpc) is 3.26. The summed E-state index contributed by atoms with van der Waals surface area (Å²) in [7, 11) is 3.78. The third-order valence-electron chi connectivity index (χ3n) is 8.70. The number of likely N-dealkylation sites (tertiary alicyclic amines) is 1. The minimum Gasteiger partial charge on any atom is -0.371 e. The predicted molar refractivity (Wildman–Crippen MR) is 152 cm³/mol. The summed E-state index contributed by atoms with van der Waals surface area (Å²) in [4.78, 5) is 6.63. The third kappa shape index (κ3) is 7.26. The molecule has 0 saturated carbocycles. The van der Waals surface area contributed by atoms with Crippen LogP contribution in [0.1, 0.15) is 65.1 Å². The molecule has 0 bridgehead atoms. The van der Waals surface area contributed by atoms with Gasteiger partial charge in [-0.15, -0.1) is 5.11 Å². The molecule has 0 radical (unpaired) electrons. The number of fused-ring (bicyclic) bond motifs is 1. The molecule has 43 heavy (non-hydrogen) atoms. The fraction of sp³-hybridized carbons (Fsp3) is 0.600.